The van der Waals surface area contributed by atoms with Gasteiger partial charge in [-0.25, -0.2) is 8.42 Å². The molecule has 1 heterocycles. The lowest BCUT2D eigenvalue weighted by molar-refractivity contribution is -0.131. The van der Waals surface area contributed by atoms with Gasteiger partial charge in [0.05, 0.1) is 16.9 Å². The number of nitrogens with zero attached hydrogens (tertiary/aromatic N) is 1. The van der Waals surface area contributed by atoms with Crippen molar-refractivity contribution < 1.29 is 13.2 Å². The van der Waals surface area contributed by atoms with Gasteiger partial charge in [-0.2, -0.15) is 0 Å². The van der Waals surface area contributed by atoms with E-state index in [9.17, 15) is 13.2 Å². The fourth-order valence-electron chi connectivity index (χ4n) is 4.42. The third-order valence-corrected chi connectivity index (χ3v) is 9.58. The van der Waals surface area contributed by atoms with Crippen LogP contribution in [0.15, 0.2) is 18.2 Å². The van der Waals surface area contributed by atoms with E-state index in [1.807, 2.05) is 4.90 Å². The number of piperidine rings is 1. The molecule has 1 fully saturated rings. The summed E-state index contributed by atoms with van der Waals surface area (Å²) in [5.41, 5.74) is 3.93. The van der Waals surface area contributed by atoms with Crippen LogP contribution in [0.3, 0.4) is 0 Å². The van der Waals surface area contributed by atoms with Gasteiger partial charge in [0, 0.05) is 13.1 Å². The second kappa shape index (κ2) is 7.81. The summed E-state index contributed by atoms with van der Waals surface area (Å²) in [7, 11) is -3.10. The first-order chi connectivity index (χ1) is 13.0. The molecule has 0 aromatic heterocycles. The number of likely N-dealkylation sites (tertiary alicyclic amines) is 1. The van der Waals surface area contributed by atoms with Crippen molar-refractivity contribution in [2.24, 2.45) is 11.8 Å². The van der Waals surface area contributed by atoms with Crippen LogP contribution >= 0.6 is 0 Å². The zero-order valence-electron chi connectivity index (χ0n) is 18.0. The normalized spacial score (nSPS) is 23.7. The monoisotopic (exact) mass is 405 g/mol. The maximum absolute atomic E-state index is 12.8. The van der Waals surface area contributed by atoms with E-state index in [4.69, 9.17) is 0 Å². The number of carbonyl (C=O) groups is 1. The summed E-state index contributed by atoms with van der Waals surface area (Å²) in [5, 5.41) is 0. The standard InChI is InChI=1S/C23H35NO3S/c1-16-12-20-13-19(6-7-21(20)17(16)2)14-22(25)24-10-8-18(9-11-24)15-28(26,27)23(3,4)5/h6-7,13,16-18H,8-12,14-15H2,1-5H3. The average Bonchev–Trinajstić information content (AvgIpc) is 2.88. The molecule has 0 radical (unpaired) electrons. The predicted molar refractivity (Wildman–Crippen MR) is 114 cm³/mol. The SMILES string of the molecule is CC1Cc2cc(CC(=O)N3CCC(CS(=O)(=O)C(C)(C)C)CC3)ccc2C1C. The Balaban J connectivity index is 1.54. The molecular weight excluding hydrogens is 370 g/mol. The molecule has 1 aromatic carbocycles. The predicted octanol–water partition coefficient (Wildman–Crippen LogP) is 3.98. The van der Waals surface area contributed by atoms with E-state index < -0.39 is 14.6 Å². The molecule has 156 valence electrons. The summed E-state index contributed by atoms with van der Waals surface area (Å²) < 4.78 is 24.2. The number of amides is 1. The summed E-state index contributed by atoms with van der Waals surface area (Å²) in [4.78, 5) is 14.7. The fraction of sp³-hybridized carbons (Fsp3) is 0.696. The molecule has 4 nitrogen and oxygen atoms in total. The quantitative estimate of drug-likeness (QED) is 0.761. The van der Waals surface area contributed by atoms with Crippen molar-refractivity contribution in [1.29, 1.82) is 0 Å². The van der Waals surface area contributed by atoms with Gasteiger partial charge in [-0.05, 0) is 74.5 Å². The summed E-state index contributed by atoms with van der Waals surface area (Å²) in [6.07, 6.45) is 3.10. The van der Waals surface area contributed by atoms with Gasteiger partial charge in [-0.1, -0.05) is 32.0 Å². The zero-order chi connectivity index (χ0) is 20.7. The van der Waals surface area contributed by atoms with Crippen molar-refractivity contribution in [1.82, 2.24) is 4.90 Å². The zero-order valence-corrected chi connectivity index (χ0v) is 18.8. The molecule has 3 rings (SSSR count). The minimum Gasteiger partial charge on any atom is -0.342 e. The lowest BCUT2D eigenvalue weighted by Crippen LogP contribution is -2.42. The Hall–Kier alpha value is -1.36. The fourth-order valence-corrected chi connectivity index (χ4v) is 5.87. The van der Waals surface area contributed by atoms with E-state index in [1.54, 1.807) is 20.8 Å². The smallest absolute Gasteiger partial charge is 0.226 e. The van der Waals surface area contributed by atoms with Gasteiger partial charge in [0.1, 0.15) is 0 Å². The van der Waals surface area contributed by atoms with E-state index in [2.05, 4.69) is 32.0 Å². The van der Waals surface area contributed by atoms with Crippen LogP contribution in [0.2, 0.25) is 0 Å². The van der Waals surface area contributed by atoms with E-state index in [1.165, 1.54) is 11.1 Å². The molecule has 1 aliphatic carbocycles. The Morgan fingerprint density at radius 1 is 1.14 bits per heavy atom. The van der Waals surface area contributed by atoms with Crippen LogP contribution in [0.25, 0.3) is 0 Å². The van der Waals surface area contributed by atoms with Crippen LogP contribution in [-0.4, -0.2) is 42.8 Å². The molecule has 1 aromatic rings. The molecule has 2 unspecified atom stereocenters. The van der Waals surface area contributed by atoms with E-state index in [0.29, 0.717) is 31.3 Å². The molecule has 0 bridgehead atoms. The lowest BCUT2D eigenvalue weighted by atomic mass is 9.96. The molecule has 1 aliphatic heterocycles. The van der Waals surface area contributed by atoms with Crippen molar-refractivity contribution >= 4 is 15.7 Å². The maximum atomic E-state index is 12.8. The Morgan fingerprint density at radius 3 is 2.39 bits per heavy atom. The minimum atomic E-state index is -3.10. The molecule has 0 spiro atoms. The Kier molecular flexibility index (Phi) is 5.96. The average molecular weight is 406 g/mol. The van der Waals surface area contributed by atoms with Gasteiger partial charge in [0.2, 0.25) is 5.91 Å². The third-order valence-electron chi connectivity index (χ3n) is 6.80. The van der Waals surface area contributed by atoms with E-state index >= 15 is 0 Å². The van der Waals surface area contributed by atoms with Crippen molar-refractivity contribution in [2.45, 2.75) is 71.0 Å². The summed E-state index contributed by atoms with van der Waals surface area (Å²) in [6.45, 7) is 11.2. The van der Waals surface area contributed by atoms with Gasteiger partial charge in [0.25, 0.3) is 0 Å². The van der Waals surface area contributed by atoms with Crippen LogP contribution in [0.5, 0.6) is 0 Å². The van der Waals surface area contributed by atoms with Crippen LogP contribution in [0.1, 0.15) is 70.1 Å². The molecule has 2 aliphatic rings. The van der Waals surface area contributed by atoms with E-state index in [-0.39, 0.29) is 17.6 Å². The summed E-state index contributed by atoms with van der Waals surface area (Å²) in [5.74, 6) is 1.83. The van der Waals surface area contributed by atoms with Crippen LogP contribution in [-0.2, 0) is 27.5 Å². The molecule has 1 saturated heterocycles. The Morgan fingerprint density at radius 2 is 1.79 bits per heavy atom. The Bertz CT molecular complexity index is 830. The van der Waals surface area contributed by atoms with Crippen molar-refractivity contribution in [2.75, 3.05) is 18.8 Å². The van der Waals surface area contributed by atoms with E-state index in [0.717, 1.165) is 24.8 Å². The van der Waals surface area contributed by atoms with Gasteiger partial charge in [0.15, 0.2) is 9.84 Å². The number of carbonyl (C=O) groups excluding carboxylic acids is 1. The van der Waals surface area contributed by atoms with Crippen molar-refractivity contribution in [3.05, 3.63) is 34.9 Å². The summed E-state index contributed by atoms with van der Waals surface area (Å²) in [6, 6.07) is 6.53. The largest absolute Gasteiger partial charge is 0.342 e. The number of hydrogen-bond acceptors (Lipinski definition) is 3. The molecule has 0 saturated carbocycles. The third kappa shape index (κ3) is 4.45. The Labute approximate surface area is 170 Å². The molecular formula is C23H35NO3S. The second-order valence-corrected chi connectivity index (χ2v) is 12.7. The lowest BCUT2D eigenvalue weighted by Gasteiger charge is -2.33. The highest BCUT2D eigenvalue weighted by molar-refractivity contribution is 7.92. The van der Waals surface area contributed by atoms with Gasteiger partial charge in [-0.15, -0.1) is 0 Å². The first kappa shape index (κ1) is 21.4. The highest BCUT2D eigenvalue weighted by Crippen LogP contribution is 2.37. The molecule has 0 N–H and O–H groups in total. The number of sulfone groups is 1. The highest BCUT2D eigenvalue weighted by Gasteiger charge is 2.33. The number of hydrogen-bond donors (Lipinski definition) is 0. The molecule has 1 amide bonds. The molecule has 5 heteroatoms. The van der Waals surface area contributed by atoms with Crippen LogP contribution < -0.4 is 0 Å². The number of rotatable bonds is 4. The maximum Gasteiger partial charge on any atom is 0.226 e. The van der Waals surface area contributed by atoms with Crippen LogP contribution in [0, 0.1) is 11.8 Å². The highest BCUT2D eigenvalue weighted by atomic mass is 32.2. The minimum absolute atomic E-state index is 0.163. The van der Waals surface area contributed by atoms with Gasteiger partial charge in [-0.3, -0.25) is 4.79 Å². The number of fused-ring (bicyclic) bond motifs is 1. The van der Waals surface area contributed by atoms with Gasteiger partial charge >= 0.3 is 0 Å². The van der Waals surface area contributed by atoms with Crippen molar-refractivity contribution in [3.8, 4) is 0 Å². The summed E-state index contributed by atoms with van der Waals surface area (Å²) >= 11 is 0. The van der Waals surface area contributed by atoms with Crippen molar-refractivity contribution in [3.63, 3.8) is 0 Å². The molecule has 2 atom stereocenters. The second-order valence-electron chi connectivity index (χ2n) is 9.90. The first-order valence-corrected chi connectivity index (χ1v) is 12.2. The van der Waals surface area contributed by atoms with Crippen LogP contribution in [0.4, 0.5) is 0 Å². The molecule has 28 heavy (non-hydrogen) atoms. The topological polar surface area (TPSA) is 54.5 Å². The first-order valence-electron chi connectivity index (χ1n) is 10.6. The van der Waals surface area contributed by atoms with Gasteiger partial charge < -0.3 is 4.90 Å². The number of benzene rings is 1.